The van der Waals surface area contributed by atoms with Crippen molar-refractivity contribution < 1.29 is 0 Å². The van der Waals surface area contributed by atoms with E-state index in [0.717, 1.165) is 31.7 Å². The highest BCUT2D eigenvalue weighted by atomic mass is 15.4. The van der Waals surface area contributed by atoms with Crippen LogP contribution in [-0.4, -0.2) is 42.8 Å². The summed E-state index contributed by atoms with van der Waals surface area (Å²) in [6.45, 7) is 3.20. The average molecular weight is 362 g/mol. The lowest BCUT2D eigenvalue weighted by molar-refractivity contribution is 0.311. The van der Waals surface area contributed by atoms with Crippen LogP contribution in [0.1, 0.15) is 42.1 Å². The number of aryl methyl sites for hydroxylation is 1. The summed E-state index contributed by atoms with van der Waals surface area (Å²) < 4.78 is 3.96. The Morgan fingerprint density at radius 2 is 1.96 bits per heavy atom. The second kappa shape index (κ2) is 6.93. The smallest absolute Gasteiger partial charge is 0.101 e. The Morgan fingerprint density at radius 3 is 2.70 bits per heavy atom. The van der Waals surface area contributed by atoms with Crippen molar-refractivity contribution in [1.82, 2.24) is 29.7 Å². The van der Waals surface area contributed by atoms with Gasteiger partial charge in [-0.25, -0.2) is 4.68 Å². The summed E-state index contributed by atoms with van der Waals surface area (Å²) >= 11 is 0. The fourth-order valence-corrected chi connectivity index (χ4v) is 4.30. The number of aromatic nitrogens is 5. The summed E-state index contributed by atoms with van der Waals surface area (Å²) in [7, 11) is 1.99. The maximum Gasteiger partial charge on any atom is 0.101 e. The van der Waals surface area contributed by atoms with Crippen LogP contribution in [0.5, 0.6) is 0 Å². The molecule has 1 saturated carbocycles. The Bertz CT molecular complexity index is 908. The molecule has 1 unspecified atom stereocenters. The van der Waals surface area contributed by atoms with E-state index in [1.165, 1.54) is 36.2 Å². The van der Waals surface area contributed by atoms with E-state index in [4.69, 9.17) is 0 Å². The van der Waals surface area contributed by atoms with Crippen molar-refractivity contribution in [1.29, 1.82) is 0 Å². The molecule has 3 aromatic rings. The zero-order valence-electron chi connectivity index (χ0n) is 15.8. The van der Waals surface area contributed by atoms with E-state index >= 15 is 0 Å². The van der Waals surface area contributed by atoms with E-state index < -0.39 is 0 Å². The first-order valence-corrected chi connectivity index (χ1v) is 9.96. The first-order chi connectivity index (χ1) is 13.3. The predicted octanol–water partition coefficient (Wildman–Crippen LogP) is 2.94. The second-order valence-corrected chi connectivity index (χ2v) is 8.06. The molecular weight excluding hydrogens is 336 g/mol. The molecule has 140 valence electrons. The predicted molar refractivity (Wildman–Crippen MR) is 104 cm³/mol. The number of rotatable bonds is 6. The van der Waals surface area contributed by atoms with Crippen LogP contribution in [0.15, 0.2) is 42.7 Å². The molecule has 2 fully saturated rings. The molecule has 0 spiro atoms. The van der Waals surface area contributed by atoms with Crippen LogP contribution < -0.4 is 0 Å². The van der Waals surface area contributed by atoms with Crippen LogP contribution in [0.25, 0.3) is 5.69 Å². The monoisotopic (exact) mass is 362 g/mol. The largest absolute Gasteiger partial charge is 0.297 e. The molecule has 6 heteroatoms. The Labute approximate surface area is 159 Å². The molecule has 2 aromatic heterocycles. The van der Waals surface area contributed by atoms with Crippen LogP contribution in [0.4, 0.5) is 0 Å². The van der Waals surface area contributed by atoms with Crippen molar-refractivity contribution in [2.24, 2.45) is 13.0 Å². The van der Waals surface area contributed by atoms with Crippen LogP contribution in [0.3, 0.4) is 0 Å². The van der Waals surface area contributed by atoms with Gasteiger partial charge < -0.3 is 0 Å². The summed E-state index contributed by atoms with van der Waals surface area (Å²) in [5.41, 5.74) is 4.97. The van der Waals surface area contributed by atoms with E-state index in [1.54, 1.807) is 0 Å². The van der Waals surface area contributed by atoms with E-state index in [9.17, 15) is 0 Å². The van der Waals surface area contributed by atoms with E-state index in [0.29, 0.717) is 11.8 Å². The third-order valence-electron chi connectivity index (χ3n) is 5.77. The van der Waals surface area contributed by atoms with E-state index in [2.05, 4.69) is 55.5 Å². The number of hydrogen-bond acceptors (Lipinski definition) is 4. The van der Waals surface area contributed by atoms with Crippen molar-refractivity contribution in [2.45, 2.75) is 38.1 Å². The molecule has 2 aliphatic rings. The third-order valence-corrected chi connectivity index (χ3v) is 5.77. The van der Waals surface area contributed by atoms with Crippen LogP contribution in [-0.2, 0) is 20.0 Å². The second-order valence-electron chi connectivity index (χ2n) is 8.06. The SMILES string of the molecule is Cn1cc(CC2CCN(Cc3nnn(-c4ccccc4)c3C3CC3)C2)cn1. The Hall–Kier alpha value is -2.47. The van der Waals surface area contributed by atoms with Crippen molar-refractivity contribution in [2.75, 3.05) is 13.1 Å². The van der Waals surface area contributed by atoms with Gasteiger partial charge in [0.2, 0.25) is 0 Å². The lowest BCUT2D eigenvalue weighted by Crippen LogP contribution is -2.21. The molecule has 27 heavy (non-hydrogen) atoms. The number of hydrogen-bond donors (Lipinski definition) is 0. The molecule has 1 aliphatic heterocycles. The van der Waals surface area contributed by atoms with Crippen molar-refractivity contribution in [3.8, 4) is 5.69 Å². The molecule has 1 aromatic carbocycles. The molecule has 0 N–H and O–H groups in total. The van der Waals surface area contributed by atoms with Gasteiger partial charge in [0, 0.05) is 32.3 Å². The first kappa shape index (κ1) is 16.7. The Balaban J connectivity index is 1.29. The number of benzene rings is 1. The summed E-state index contributed by atoms with van der Waals surface area (Å²) in [4.78, 5) is 2.55. The van der Waals surface area contributed by atoms with Crippen molar-refractivity contribution >= 4 is 0 Å². The number of likely N-dealkylation sites (tertiary alicyclic amines) is 1. The lowest BCUT2D eigenvalue weighted by Gasteiger charge is -2.15. The molecule has 1 saturated heterocycles. The first-order valence-electron chi connectivity index (χ1n) is 9.96. The molecular formula is C21H26N6. The van der Waals surface area contributed by atoms with Gasteiger partial charge in [0.1, 0.15) is 5.69 Å². The van der Waals surface area contributed by atoms with Gasteiger partial charge in [0.25, 0.3) is 0 Å². The molecule has 0 amide bonds. The molecule has 0 bridgehead atoms. The van der Waals surface area contributed by atoms with Crippen molar-refractivity contribution in [3.05, 3.63) is 59.7 Å². The third kappa shape index (κ3) is 3.54. The van der Waals surface area contributed by atoms with Gasteiger partial charge in [-0.1, -0.05) is 23.4 Å². The average Bonchev–Trinajstić information content (AvgIpc) is 3.07. The summed E-state index contributed by atoms with van der Waals surface area (Å²) in [5.74, 6) is 1.34. The van der Waals surface area contributed by atoms with Gasteiger partial charge in [-0.3, -0.25) is 9.58 Å². The Morgan fingerprint density at radius 1 is 1.11 bits per heavy atom. The minimum atomic E-state index is 0.629. The van der Waals surface area contributed by atoms with Gasteiger partial charge in [-0.05, 0) is 55.8 Å². The fraction of sp³-hybridized carbons (Fsp3) is 0.476. The molecule has 3 heterocycles. The molecule has 5 rings (SSSR count). The van der Waals surface area contributed by atoms with Gasteiger partial charge in [0.05, 0.1) is 17.6 Å². The van der Waals surface area contributed by atoms with E-state index in [1.807, 2.05) is 24.0 Å². The topological polar surface area (TPSA) is 51.8 Å². The standard InChI is InChI=1S/C21H26N6/c1-25-13-17(12-22-25)11-16-9-10-26(14-16)15-20-21(18-7-8-18)27(24-23-20)19-5-3-2-4-6-19/h2-6,12-13,16,18H,7-11,14-15H2,1H3. The Kier molecular flexibility index (Phi) is 4.28. The zero-order valence-corrected chi connectivity index (χ0v) is 15.8. The lowest BCUT2D eigenvalue weighted by atomic mass is 10.0. The fourth-order valence-electron chi connectivity index (χ4n) is 4.30. The van der Waals surface area contributed by atoms with Gasteiger partial charge in [-0.15, -0.1) is 5.10 Å². The highest BCUT2D eigenvalue weighted by Crippen LogP contribution is 2.42. The quantitative estimate of drug-likeness (QED) is 0.676. The maximum atomic E-state index is 4.59. The number of nitrogens with zero attached hydrogens (tertiary/aromatic N) is 6. The molecule has 1 atom stereocenters. The highest BCUT2D eigenvalue weighted by molar-refractivity contribution is 5.35. The van der Waals surface area contributed by atoms with Gasteiger partial charge in [0.15, 0.2) is 0 Å². The van der Waals surface area contributed by atoms with Crippen molar-refractivity contribution in [3.63, 3.8) is 0 Å². The van der Waals surface area contributed by atoms with Gasteiger partial charge >= 0.3 is 0 Å². The number of para-hydroxylation sites is 1. The summed E-state index contributed by atoms with van der Waals surface area (Å²) in [6.07, 6.45) is 9.03. The normalized spacial score (nSPS) is 20.4. The highest BCUT2D eigenvalue weighted by Gasteiger charge is 2.33. The molecule has 0 radical (unpaired) electrons. The maximum absolute atomic E-state index is 4.59. The van der Waals surface area contributed by atoms with Crippen LogP contribution >= 0.6 is 0 Å². The van der Waals surface area contributed by atoms with Gasteiger partial charge in [-0.2, -0.15) is 5.10 Å². The van der Waals surface area contributed by atoms with E-state index in [-0.39, 0.29) is 0 Å². The van der Waals surface area contributed by atoms with Crippen LogP contribution in [0.2, 0.25) is 0 Å². The minimum absolute atomic E-state index is 0.629. The summed E-state index contributed by atoms with van der Waals surface area (Å²) in [5, 5.41) is 13.4. The zero-order chi connectivity index (χ0) is 18.2. The molecule has 1 aliphatic carbocycles. The minimum Gasteiger partial charge on any atom is -0.297 e. The van der Waals surface area contributed by atoms with Crippen LogP contribution in [0, 0.1) is 5.92 Å². The molecule has 6 nitrogen and oxygen atoms in total. The summed E-state index contributed by atoms with van der Waals surface area (Å²) in [6, 6.07) is 10.4.